The van der Waals surface area contributed by atoms with E-state index in [-0.39, 0.29) is 0 Å². The first-order chi connectivity index (χ1) is 7.79. The van der Waals surface area contributed by atoms with E-state index in [1.807, 2.05) is 0 Å². The van der Waals surface area contributed by atoms with Gasteiger partial charge >= 0.3 is 0 Å². The van der Waals surface area contributed by atoms with Gasteiger partial charge in [-0.2, -0.15) is 0 Å². The lowest BCUT2D eigenvalue weighted by Gasteiger charge is -2.30. The van der Waals surface area contributed by atoms with Crippen LogP contribution < -0.4 is 5.32 Å². The zero-order valence-electron chi connectivity index (χ0n) is 11.1. The van der Waals surface area contributed by atoms with Crippen molar-refractivity contribution in [2.75, 3.05) is 26.2 Å². The quantitative estimate of drug-likeness (QED) is 0.793. The summed E-state index contributed by atoms with van der Waals surface area (Å²) in [6.07, 6.45) is 8.31. The number of rotatable bonds is 3. The third-order valence-electron chi connectivity index (χ3n) is 5.03. The van der Waals surface area contributed by atoms with Crippen LogP contribution in [0.15, 0.2) is 0 Å². The molecule has 2 heterocycles. The van der Waals surface area contributed by atoms with Gasteiger partial charge in [0.1, 0.15) is 0 Å². The summed E-state index contributed by atoms with van der Waals surface area (Å²) < 4.78 is 0. The van der Waals surface area contributed by atoms with E-state index in [1.54, 1.807) is 0 Å². The van der Waals surface area contributed by atoms with Crippen LogP contribution in [-0.4, -0.2) is 37.1 Å². The van der Waals surface area contributed by atoms with Gasteiger partial charge in [0.25, 0.3) is 0 Å². The molecular formula is C14H28N2. The summed E-state index contributed by atoms with van der Waals surface area (Å²) in [7, 11) is 0. The maximum atomic E-state index is 3.52. The zero-order chi connectivity index (χ0) is 11.4. The van der Waals surface area contributed by atoms with Crippen LogP contribution in [0.4, 0.5) is 0 Å². The highest BCUT2D eigenvalue weighted by Crippen LogP contribution is 2.38. The van der Waals surface area contributed by atoms with E-state index in [4.69, 9.17) is 0 Å². The minimum absolute atomic E-state index is 0.653. The monoisotopic (exact) mass is 224 g/mol. The molecule has 2 rings (SSSR count). The first-order valence-electron chi connectivity index (χ1n) is 7.24. The van der Waals surface area contributed by atoms with E-state index in [2.05, 4.69) is 24.1 Å². The summed E-state index contributed by atoms with van der Waals surface area (Å²) in [5.41, 5.74) is 0.653. The van der Waals surface area contributed by atoms with Crippen LogP contribution in [0.2, 0.25) is 0 Å². The lowest BCUT2D eigenvalue weighted by molar-refractivity contribution is 0.182. The van der Waals surface area contributed by atoms with Gasteiger partial charge in [0, 0.05) is 12.6 Å². The molecule has 0 aromatic rings. The Balaban J connectivity index is 1.91. The van der Waals surface area contributed by atoms with Gasteiger partial charge in [-0.1, -0.05) is 13.8 Å². The van der Waals surface area contributed by atoms with Crippen molar-refractivity contribution in [1.29, 1.82) is 0 Å². The summed E-state index contributed by atoms with van der Waals surface area (Å²) in [4.78, 5) is 2.79. The van der Waals surface area contributed by atoms with Gasteiger partial charge in [0.15, 0.2) is 0 Å². The first-order valence-corrected chi connectivity index (χ1v) is 7.24. The Morgan fingerprint density at radius 1 is 1.19 bits per heavy atom. The van der Waals surface area contributed by atoms with Crippen molar-refractivity contribution in [3.8, 4) is 0 Å². The van der Waals surface area contributed by atoms with Crippen molar-refractivity contribution in [3.63, 3.8) is 0 Å². The fourth-order valence-corrected chi connectivity index (χ4v) is 3.47. The van der Waals surface area contributed by atoms with Crippen molar-refractivity contribution < 1.29 is 0 Å². The van der Waals surface area contributed by atoms with Gasteiger partial charge in [-0.15, -0.1) is 0 Å². The maximum Gasteiger partial charge on any atom is 0.0108 e. The molecule has 2 aliphatic heterocycles. The molecule has 0 aromatic carbocycles. The van der Waals surface area contributed by atoms with Crippen LogP contribution in [0.3, 0.4) is 0 Å². The van der Waals surface area contributed by atoms with Crippen LogP contribution in [0, 0.1) is 5.41 Å². The number of nitrogens with one attached hydrogen (secondary N) is 1. The smallest absolute Gasteiger partial charge is 0.0108 e. The molecule has 2 saturated heterocycles. The molecule has 1 atom stereocenters. The van der Waals surface area contributed by atoms with Gasteiger partial charge in [-0.05, 0) is 63.6 Å². The topological polar surface area (TPSA) is 15.3 Å². The summed E-state index contributed by atoms with van der Waals surface area (Å²) in [6, 6.07) is 0.870. The molecule has 0 amide bonds. The SMILES string of the molecule is CCC1(CC)CCN(C2CCCNCC2)C1. The molecule has 0 radical (unpaired) electrons. The van der Waals surface area contributed by atoms with E-state index >= 15 is 0 Å². The molecule has 0 aliphatic carbocycles. The van der Waals surface area contributed by atoms with Gasteiger partial charge in [0.05, 0.1) is 0 Å². The van der Waals surface area contributed by atoms with Gasteiger partial charge in [-0.25, -0.2) is 0 Å². The molecule has 2 heteroatoms. The standard InChI is InChI=1S/C14H28N2/c1-3-14(4-2)8-11-16(12-14)13-6-5-9-15-10-7-13/h13,15H,3-12H2,1-2H3. The Labute approximate surface area is 101 Å². The Morgan fingerprint density at radius 2 is 2.00 bits per heavy atom. The Hall–Kier alpha value is -0.0800. The number of nitrogens with zero attached hydrogens (tertiary/aromatic N) is 1. The highest BCUT2D eigenvalue weighted by molar-refractivity contribution is 4.91. The summed E-state index contributed by atoms with van der Waals surface area (Å²) in [6.45, 7) is 9.93. The molecule has 1 N–H and O–H groups in total. The molecular weight excluding hydrogens is 196 g/mol. The van der Waals surface area contributed by atoms with Crippen molar-refractivity contribution in [2.45, 2.75) is 58.4 Å². The Bertz CT molecular complexity index is 203. The largest absolute Gasteiger partial charge is 0.317 e. The van der Waals surface area contributed by atoms with Crippen LogP contribution in [0.1, 0.15) is 52.4 Å². The Kier molecular flexibility index (Phi) is 4.26. The van der Waals surface area contributed by atoms with E-state index in [0.717, 1.165) is 6.04 Å². The minimum atomic E-state index is 0.653. The molecule has 94 valence electrons. The van der Waals surface area contributed by atoms with E-state index in [0.29, 0.717) is 5.41 Å². The molecule has 0 aromatic heterocycles. The van der Waals surface area contributed by atoms with Gasteiger partial charge in [-0.3, -0.25) is 4.90 Å². The third-order valence-corrected chi connectivity index (χ3v) is 5.03. The molecule has 2 aliphatic rings. The highest BCUT2D eigenvalue weighted by Gasteiger charge is 2.37. The van der Waals surface area contributed by atoms with Crippen molar-refractivity contribution in [1.82, 2.24) is 10.2 Å². The molecule has 2 fully saturated rings. The molecule has 0 bridgehead atoms. The fourth-order valence-electron chi connectivity index (χ4n) is 3.47. The van der Waals surface area contributed by atoms with Crippen LogP contribution in [0.25, 0.3) is 0 Å². The van der Waals surface area contributed by atoms with Crippen molar-refractivity contribution in [2.24, 2.45) is 5.41 Å². The van der Waals surface area contributed by atoms with Gasteiger partial charge < -0.3 is 5.32 Å². The Morgan fingerprint density at radius 3 is 2.69 bits per heavy atom. The average Bonchev–Trinajstić information content (AvgIpc) is 2.57. The summed E-state index contributed by atoms with van der Waals surface area (Å²) in [5.74, 6) is 0. The molecule has 2 nitrogen and oxygen atoms in total. The second-order valence-corrected chi connectivity index (χ2v) is 5.76. The lowest BCUT2D eigenvalue weighted by Crippen LogP contribution is -2.36. The minimum Gasteiger partial charge on any atom is -0.317 e. The zero-order valence-corrected chi connectivity index (χ0v) is 11.1. The number of hydrogen-bond acceptors (Lipinski definition) is 2. The molecule has 0 spiro atoms. The van der Waals surface area contributed by atoms with Crippen molar-refractivity contribution >= 4 is 0 Å². The lowest BCUT2D eigenvalue weighted by atomic mass is 9.82. The summed E-state index contributed by atoms with van der Waals surface area (Å²) >= 11 is 0. The first kappa shape index (κ1) is 12.4. The van der Waals surface area contributed by atoms with Crippen molar-refractivity contribution in [3.05, 3.63) is 0 Å². The highest BCUT2D eigenvalue weighted by atomic mass is 15.2. The second kappa shape index (κ2) is 5.50. The molecule has 0 saturated carbocycles. The molecule has 1 unspecified atom stereocenters. The van der Waals surface area contributed by atoms with Crippen LogP contribution >= 0.6 is 0 Å². The third kappa shape index (κ3) is 2.60. The fraction of sp³-hybridized carbons (Fsp3) is 1.00. The maximum absolute atomic E-state index is 3.52. The number of hydrogen-bond donors (Lipinski definition) is 1. The number of likely N-dealkylation sites (tertiary alicyclic amines) is 1. The normalized spacial score (nSPS) is 31.5. The summed E-state index contributed by atoms with van der Waals surface area (Å²) in [5, 5.41) is 3.52. The van der Waals surface area contributed by atoms with E-state index in [9.17, 15) is 0 Å². The predicted molar refractivity (Wildman–Crippen MR) is 69.7 cm³/mol. The molecule has 16 heavy (non-hydrogen) atoms. The van der Waals surface area contributed by atoms with Gasteiger partial charge in [0.2, 0.25) is 0 Å². The van der Waals surface area contributed by atoms with E-state index in [1.165, 1.54) is 64.7 Å². The van der Waals surface area contributed by atoms with Crippen LogP contribution in [0.5, 0.6) is 0 Å². The average molecular weight is 224 g/mol. The van der Waals surface area contributed by atoms with E-state index < -0.39 is 0 Å². The predicted octanol–water partition coefficient (Wildman–Crippen LogP) is 2.64. The van der Waals surface area contributed by atoms with Crippen LogP contribution in [-0.2, 0) is 0 Å². The second-order valence-electron chi connectivity index (χ2n) is 5.76.